The fraction of sp³-hybridized carbons (Fsp3) is 0.263. The molecule has 6 heteroatoms. The molecule has 0 saturated heterocycles. The molecule has 0 amide bonds. The molecule has 0 radical (unpaired) electrons. The zero-order valence-corrected chi connectivity index (χ0v) is 14.1. The Morgan fingerprint density at radius 2 is 1.64 bits per heavy atom. The van der Waals surface area contributed by atoms with Crippen LogP contribution in [0.25, 0.3) is 11.4 Å². The molecular weight excluding hydrogens is 318 g/mol. The van der Waals surface area contributed by atoms with Crippen LogP contribution in [0, 0.1) is 0 Å². The molecule has 1 heterocycles. The lowest BCUT2D eigenvalue weighted by Gasteiger charge is -2.06. The van der Waals surface area contributed by atoms with Gasteiger partial charge in [0.25, 0.3) is 5.89 Å². The van der Waals surface area contributed by atoms with Crippen LogP contribution in [0.15, 0.2) is 53.1 Å². The summed E-state index contributed by atoms with van der Waals surface area (Å²) in [6.45, 7) is 3.50. The largest absolute Gasteiger partial charge is 0.494 e. The zero-order valence-electron chi connectivity index (χ0n) is 14.1. The van der Waals surface area contributed by atoms with E-state index in [9.17, 15) is 0 Å². The molecule has 0 saturated carbocycles. The van der Waals surface area contributed by atoms with Gasteiger partial charge in [-0.3, -0.25) is 0 Å². The number of hydrogen-bond acceptors (Lipinski definition) is 6. The van der Waals surface area contributed by atoms with Crippen molar-refractivity contribution in [3.8, 4) is 22.9 Å². The van der Waals surface area contributed by atoms with Crippen molar-refractivity contribution in [2.75, 3.05) is 6.61 Å². The van der Waals surface area contributed by atoms with Crippen molar-refractivity contribution in [3.63, 3.8) is 0 Å². The average molecular weight is 339 g/mol. The van der Waals surface area contributed by atoms with Crippen LogP contribution >= 0.6 is 0 Å². The van der Waals surface area contributed by atoms with Crippen LogP contribution in [0.2, 0.25) is 0 Å². The third-order valence-electron chi connectivity index (χ3n) is 3.57. The van der Waals surface area contributed by atoms with Crippen molar-refractivity contribution in [1.82, 2.24) is 10.1 Å². The van der Waals surface area contributed by atoms with Gasteiger partial charge in [-0.1, -0.05) is 36.3 Å². The zero-order chi connectivity index (χ0) is 17.5. The Morgan fingerprint density at radius 3 is 2.28 bits per heavy atom. The number of benzene rings is 2. The first-order valence-electron chi connectivity index (χ1n) is 8.26. The molecule has 2 aromatic carbocycles. The van der Waals surface area contributed by atoms with Crippen molar-refractivity contribution >= 4 is 0 Å². The van der Waals surface area contributed by atoms with Gasteiger partial charge in [0.1, 0.15) is 11.5 Å². The first-order valence-corrected chi connectivity index (χ1v) is 8.26. The SMILES string of the molecule is CCCOc1ccc(OCc2nc(-c3ccc(CN)cc3)no2)cc1. The summed E-state index contributed by atoms with van der Waals surface area (Å²) in [5, 5.41) is 3.98. The normalized spacial score (nSPS) is 10.6. The highest BCUT2D eigenvalue weighted by Gasteiger charge is 2.09. The molecule has 0 aliphatic rings. The average Bonchev–Trinajstić information content (AvgIpc) is 3.14. The first kappa shape index (κ1) is 17.0. The minimum Gasteiger partial charge on any atom is -0.494 e. The Bertz CT molecular complexity index is 782. The van der Waals surface area contributed by atoms with Crippen LogP contribution in [0.3, 0.4) is 0 Å². The van der Waals surface area contributed by atoms with Gasteiger partial charge in [0, 0.05) is 12.1 Å². The molecule has 0 aliphatic heterocycles. The molecule has 25 heavy (non-hydrogen) atoms. The molecule has 1 aromatic heterocycles. The number of nitrogens with two attached hydrogens (primary N) is 1. The summed E-state index contributed by atoms with van der Waals surface area (Å²) >= 11 is 0. The predicted molar refractivity (Wildman–Crippen MR) is 94.2 cm³/mol. The van der Waals surface area contributed by atoms with E-state index in [-0.39, 0.29) is 6.61 Å². The fourth-order valence-corrected chi connectivity index (χ4v) is 2.22. The number of rotatable bonds is 8. The molecule has 0 bridgehead atoms. The Hall–Kier alpha value is -2.86. The summed E-state index contributed by atoms with van der Waals surface area (Å²) in [6, 6.07) is 15.2. The van der Waals surface area contributed by atoms with E-state index >= 15 is 0 Å². The van der Waals surface area contributed by atoms with Gasteiger partial charge >= 0.3 is 0 Å². The highest BCUT2D eigenvalue weighted by Crippen LogP contribution is 2.20. The van der Waals surface area contributed by atoms with Gasteiger partial charge in [0.2, 0.25) is 5.82 Å². The first-order chi connectivity index (χ1) is 12.3. The maximum atomic E-state index is 5.67. The van der Waals surface area contributed by atoms with Crippen LogP contribution in [0.1, 0.15) is 24.8 Å². The number of hydrogen-bond donors (Lipinski definition) is 1. The second kappa shape index (κ2) is 8.30. The summed E-state index contributed by atoms with van der Waals surface area (Å²) in [4.78, 5) is 4.35. The molecule has 0 spiro atoms. The predicted octanol–water partition coefficient (Wildman–Crippen LogP) is 3.56. The van der Waals surface area contributed by atoms with Crippen LogP contribution in [-0.4, -0.2) is 16.7 Å². The summed E-state index contributed by atoms with van der Waals surface area (Å²) in [5.74, 6) is 2.50. The summed E-state index contributed by atoms with van der Waals surface area (Å²) < 4.78 is 16.4. The lowest BCUT2D eigenvalue weighted by Crippen LogP contribution is -1.97. The molecule has 0 aliphatic carbocycles. The lowest BCUT2D eigenvalue weighted by atomic mass is 10.1. The minimum atomic E-state index is 0.211. The summed E-state index contributed by atoms with van der Waals surface area (Å²) in [5.41, 5.74) is 7.53. The third-order valence-corrected chi connectivity index (χ3v) is 3.57. The lowest BCUT2D eigenvalue weighted by molar-refractivity contribution is 0.242. The second-order valence-corrected chi connectivity index (χ2v) is 5.52. The molecule has 6 nitrogen and oxygen atoms in total. The Morgan fingerprint density at radius 1 is 0.960 bits per heavy atom. The molecule has 0 fully saturated rings. The van der Waals surface area contributed by atoms with E-state index in [0.29, 0.717) is 24.9 Å². The summed E-state index contributed by atoms with van der Waals surface area (Å²) in [7, 11) is 0. The van der Waals surface area contributed by atoms with E-state index in [1.807, 2.05) is 48.5 Å². The van der Waals surface area contributed by atoms with Gasteiger partial charge < -0.3 is 19.7 Å². The minimum absolute atomic E-state index is 0.211. The van der Waals surface area contributed by atoms with Crippen LogP contribution in [0.4, 0.5) is 0 Å². The van der Waals surface area contributed by atoms with E-state index in [2.05, 4.69) is 17.1 Å². The van der Waals surface area contributed by atoms with Gasteiger partial charge in [0.15, 0.2) is 6.61 Å². The summed E-state index contributed by atoms with van der Waals surface area (Å²) in [6.07, 6.45) is 0.979. The van der Waals surface area contributed by atoms with E-state index in [0.717, 1.165) is 29.0 Å². The monoisotopic (exact) mass is 339 g/mol. The number of nitrogens with zero attached hydrogens (tertiary/aromatic N) is 2. The van der Waals surface area contributed by atoms with Gasteiger partial charge in [0.05, 0.1) is 6.61 Å². The molecule has 3 rings (SSSR count). The van der Waals surface area contributed by atoms with Crippen molar-refractivity contribution in [1.29, 1.82) is 0 Å². The maximum absolute atomic E-state index is 5.67. The van der Waals surface area contributed by atoms with Crippen molar-refractivity contribution in [3.05, 3.63) is 60.0 Å². The quantitative estimate of drug-likeness (QED) is 0.675. The molecule has 0 atom stereocenters. The van der Waals surface area contributed by atoms with Crippen molar-refractivity contribution in [2.24, 2.45) is 5.73 Å². The van der Waals surface area contributed by atoms with E-state index in [1.165, 1.54) is 0 Å². The van der Waals surface area contributed by atoms with E-state index < -0.39 is 0 Å². The molecule has 2 N–H and O–H groups in total. The molecule has 0 unspecified atom stereocenters. The Kier molecular flexibility index (Phi) is 5.64. The second-order valence-electron chi connectivity index (χ2n) is 5.52. The highest BCUT2D eigenvalue weighted by atomic mass is 16.5. The van der Waals surface area contributed by atoms with Gasteiger partial charge in [-0.15, -0.1) is 0 Å². The standard InChI is InChI=1S/C19H21N3O3/c1-2-11-23-16-7-9-17(10-8-16)24-13-18-21-19(22-25-18)15-5-3-14(12-20)4-6-15/h3-10H,2,11-13,20H2,1H3. The molecule has 130 valence electrons. The van der Waals surface area contributed by atoms with Crippen LogP contribution in [0.5, 0.6) is 11.5 Å². The number of aromatic nitrogens is 2. The van der Waals surface area contributed by atoms with Crippen LogP contribution in [-0.2, 0) is 13.2 Å². The van der Waals surface area contributed by atoms with Crippen LogP contribution < -0.4 is 15.2 Å². The molecular formula is C19H21N3O3. The molecule has 3 aromatic rings. The van der Waals surface area contributed by atoms with E-state index in [4.69, 9.17) is 19.7 Å². The Labute approximate surface area is 146 Å². The third kappa shape index (κ3) is 4.58. The fourth-order valence-electron chi connectivity index (χ4n) is 2.22. The van der Waals surface area contributed by atoms with Crippen molar-refractivity contribution in [2.45, 2.75) is 26.5 Å². The highest BCUT2D eigenvalue weighted by molar-refractivity contribution is 5.54. The van der Waals surface area contributed by atoms with Gasteiger partial charge in [-0.05, 0) is 36.2 Å². The van der Waals surface area contributed by atoms with Gasteiger partial charge in [-0.25, -0.2) is 0 Å². The Balaban J connectivity index is 1.57. The maximum Gasteiger partial charge on any atom is 0.264 e. The van der Waals surface area contributed by atoms with E-state index in [1.54, 1.807) is 0 Å². The smallest absolute Gasteiger partial charge is 0.264 e. The van der Waals surface area contributed by atoms with Crippen molar-refractivity contribution < 1.29 is 14.0 Å². The topological polar surface area (TPSA) is 83.4 Å². The number of ether oxygens (including phenoxy) is 2. The van der Waals surface area contributed by atoms with Gasteiger partial charge in [-0.2, -0.15) is 4.98 Å².